The predicted molar refractivity (Wildman–Crippen MR) is 171 cm³/mol. The Morgan fingerprint density at radius 1 is 1.25 bits per heavy atom. The van der Waals surface area contributed by atoms with Crippen molar-refractivity contribution in [2.24, 2.45) is 5.73 Å². The SMILES string of the molecule is CN(C)C(=O)/C=C/CCCC(=O)Nc1cccn(Cc2nc3c(CCC(F)(F)F)ncnc3n2PI)c1=O.COC.NC=O. The first kappa shape index (κ1) is 38.6. The molecular formula is C26H35F3IN8O5P. The highest BCUT2D eigenvalue weighted by Gasteiger charge is 2.28. The predicted octanol–water partition coefficient (Wildman–Crippen LogP) is 3.44. The first-order valence-electron chi connectivity index (χ1n) is 12.9. The number of allylic oxidation sites excluding steroid dienone is 1. The van der Waals surface area contributed by atoms with Gasteiger partial charge in [0.1, 0.15) is 23.4 Å². The number of methoxy groups -OCH3 is 1. The Morgan fingerprint density at radius 2 is 1.91 bits per heavy atom. The molecule has 242 valence electrons. The number of aryl methyl sites for hydroxylation is 1. The smallest absolute Gasteiger partial charge is 0.388 e. The van der Waals surface area contributed by atoms with Crippen LogP contribution in [0.2, 0.25) is 0 Å². The normalized spacial score (nSPS) is 11.2. The van der Waals surface area contributed by atoms with Crippen molar-refractivity contribution in [2.45, 2.75) is 44.8 Å². The van der Waals surface area contributed by atoms with Gasteiger partial charge >= 0.3 is 6.18 Å². The second kappa shape index (κ2) is 19.8. The number of nitrogens with zero attached hydrogens (tertiary/aromatic N) is 6. The summed E-state index contributed by atoms with van der Waals surface area (Å²) in [4.78, 5) is 59.6. The summed E-state index contributed by atoms with van der Waals surface area (Å²) in [5, 5.41) is 2.62. The number of anilines is 1. The second-order valence-electron chi connectivity index (χ2n) is 9.03. The van der Waals surface area contributed by atoms with E-state index in [-0.39, 0.29) is 60.9 Å². The number of pyridine rings is 1. The number of primary amides is 1. The summed E-state index contributed by atoms with van der Waals surface area (Å²) in [5.41, 5.74) is 4.68. The number of amides is 3. The summed E-state index contributed by atoms with van der Waals surface area (Å²) in [7, 11) is 6.55. The Hall–Kier alpha value is -3.44. The molecule has 0 radical (unpaired) electrons. The Balaban J connectivity index is 0.00000149. The Labute approximate surface area is 266 Å². The molecule has 0 bridgehead atoms. The van der Waals surface area contributed by atoms with Gasteiger partial charge in [0.05, 0.1) is 18.6 Å². The van der Waals surface area contributed by atoms with Crippen LogP contribution >= 0.6 is 28.4 Å². The molecule has 3 amide bonds. The van der Waals surface area contributed by atoms with Crippen molar-refractivity contribution in [3.05, 3.63) is 58.7 Å². The number of carbonyl (C=O) groups excluding carboxylic acids is 3. The highest BCUT2D eigenvalue weighted by atomic mass is 127. The Kier molecular flexibility index (Phi) is 17.3. The van der Waals surface area contributed by atoms with E-state index in [2.05, 4.69) is 52.8 Å². The lowest BCUT2D eigenvalue weighted by molar-refractivity contribution is -0.134. The fraction of sp³-hybridized carbons (Fsp3) is 0.423. The number of rotatable bonds is 11. The van der Waals surface area contributed by atoms with Gasteiger partial charge in [0.2, 0.25) is 18.2 Å². The quantitative estimate of drug-likeness (QED) is 0.0988. The van der Waals surface area contributed by atoms with Crippen LogP contribution in [-0.4, -0.2) is 81.5 Å². The molecule has 0 saturated heterocycles. The maximum atomic E-state index is 13.0. The molecule has 3 rings (SSSR count). The minimum atomic E-state index is -4.33. The molecule has 1 atom stereocenters. The molecule has 0 aliphatic carbocycles. The molecule has 18 heteroatoms. The third-order valence-electron chi connectivity index (χ3n) is 5.40. The van der Waals surface area contributed by atoms with Crippen molar-refractivity contribution >= 4 is 63.5 Å². The number of hydrogen-bond acceptors (Lipinski definition) is 8. The van der Waals surface area contributed by atoms with Crippen LogP contribution < -0.4 is 16.6 Å². The second-order valence-corrected chi connectivity index (χ2v) is 11.1. The molecular weight excluding hydrogens is 719 g/mol. The van der Waals surface area contributed by atoms with E-state index in [4.69, 9.17) is 4.79 Å². The number of aromatic nitrogens is 5. The van der Waals surface area contributed by atoms with Crippen molar-refractivity contribution < 1.29 is 32.3 Å². The molecule has 0 spiro atoms. The van der Waals surface area contributed by atoms with Gasteiger partial charge in [0.25, 0.3) is 5.56 Å². The highest BCUT2D eigenvalue weighted by molar-refractivity contribution is 14.2. The highest BCUT2D eigenvalue weighted by Crippen LogP contribution is 2.32. The minimum Gasteiger partial charge on any atom is -0.388 e. The van der Waals surface area contributed by atoms with Crippen molar-refractivity contribution in [2.75, 3.05) is 33.6 Å². The zero-order chi connectivity index (χ0) is 33.3. The number of fused-ring (bicyclic) bond motifs is 1. The van der Waals surface area contributed by atoms with Crippen LogP contribution in [0.1, 0.15) is 37.2 Å². The van der Waals surface area contributed by atoms with Crippen LogP contribution in [0.4, 0.5) is 18.9 Å². The Bertz CT molecular complexity index is 1460. The van der Waals surface area contributed by atoms with Gasteiger partial charge in [0, 0.05) is 53.8 Å². The molecule has 3 aromatic heterocycles. The van der Waals surface area contributed by atoms with E-state index in [9.17, 15) is 27.6 Å². The van der Waals surface area contributed by atoms with E-state index < -0.39 is 18.2 Å². The summed E-state index contributed by atoms with van der Waals surface area (Å²) in [6, 6.07) is 3.11. The number of carbonyl (C=O) groups is 3. The average molecular weight is 754 g/mol. The van der Waals surface area contributed by atoms with E-state index >= 15 is 0 Å². The van der Waals surface area contributed by atoms with E-state index in [1.807, 2.05) is 0 Å². The summed E-state index contributed by atoms with van der Waals surface area (Å²) < 4.78 is 45.6. The van der Waals surface area contributed by atoms with Gasteiger partial charge in [-0.15, -0.1) is 0 Å². The number of alkyl halides is 3. The third-order valence-corrected chi connectivity index (χ3v) is 7.49. The van der Waals surface area contributed by atoms with Crippen LogP contribution in [0, 0.1) is 0 Å². The van der Waals surface area contributed by atoms with Crippen LogP contribution in [0.15, 0.2) is 41.6 Å². The number of hydrogen-bond donors (Lipinski definition) is 2. The van der Waals surface area contributed by atoms with E-state index in [1.165, 1.54) is 27.9 Å². The van der Waals surface area contributed by atoms with E-state index in [0.29, 0.717) is 24.3 Å². The van der Waals surface area contributed by atoms with Gasteiger partial charge in [-0.2, -0.15) is 13.2 Å². The monoisotopic (exact) mass is 754 g/mol. The summed E-state index contributed by atoms with van der Waals surface area (Å²) >= 11 is 2.11. The lowest BCUT2D eigenvalue weighted by Crippen LogP contribution is -2.26. The van der Waals surface area contributed by atoms with Gasteiger partial charge in [-0.25, -0.2) is 15.0 Å². The minimum absolute atomic E-state index is 0.0261. The molecule has 0 saturated carbocycles. The molecule has 0 aliphatic rings. The molecule has 1 unspecified atom stereocenters. The molecule has 3 N–H and O–H groups in total. The van der Waals surface area contributed by atoms with Gasteiger partial charge in [-0.1, -0.05) is 6.08 Å². The lowest BCUT2D eigenvalue weighted by atomic mass is 10.2. The van der Waals surface area contributed by atoms with Gasteiger partial charge < -0.3 is 25.3 Å². The fourth-order valence-corrected chi connectivity index (χ4v) is 5.44. The zero-order valence-electron chi connectivity index (χ0n) is 24.6. The Morgan fingerprint density at radius 3 is 2.50 bits per heavy atom. The molecule has 3 aromatic rings. The number of likely N-dealkylation sites (N-methyl/N-ethyl adjacent to an activating group) is 1. The zero-order valence-corrected chi connectivity index (χ0v) is 27.8. The maximum absolute atomic E-state index is 13.0. The van der Waals surface area contributed by atoms with Crippen molar-refractivity contribution in [3.63, 3.8) is 0 Å². The average Bonchev–Trinajstić information content (AvgIpc) is 3.31. The van der Waals surface area contributed by atoms with Crippen molar-refractivity contribution in [1.29, 1.82) is 0 Å². The number of ether oxygens (including phenoxy) is 1. The summed E-state index contributed by atoms with van der Waals surface area (Å²) in [6.45, 7) is 0.0261. The molecule has 3 heterocycles. The molecule has 44 heavy (non-hydrogen) atoms. The summed E-state index contributed by atoms with van der Waals surface area (Å²) in [6.07, 6.45) is 1.80. The summed E-state index contributed by atoms with van der Waals surface area (Å²) in [5.74, 6) is -0.0376. The number of imidazole rings is 1. The first-order chi connectivity index (χ1) is 20.8. The number of nitrogens with one attached hydrogen (secondary N) is 1. The number of nitrogens with two attached hydrogens (primary N) is 1. The van der Waals surface area contributed by atoms with Crippen molar-refractivity contribution in [3.8, 4) is 0 Å². The van der Waals surface area contributed by atoms with Gasteiger partial charge in [0.15, 0.2) is 5.65 Å². The third kappa shape index (κ3) is 13.1. The van der Waals surface area contributed by atoms with Crippen LogP contribution in [-0.2, 0) is 32.1 Å². The van der Waals surface area contributed by atoms with Crippen molar-refractivity contribution in [1.82, 2.24) is 28.8 Å². The van der Waals surface area contributed by atoms with Gasteiger partial charge in [-0.05, 0) is 53.1 Å². The fourth-order valence-electron chi connectivity index (χ4n) is 3.46. The van der Waals surface area contributed by atoms with E-state index in [1.54, 1.807) is 51.0 Å². The topological polar surface area (TPSA) is 167 Å². The first-order valence-corrected chi connectivity index (χ1v) is 17.0. The number of halogens is 4. The van der Waals surface area contributed by atoms with Crippen LogP contribution in [0.5, 0.6) is 0 Å². The molecule has 0 aliphatic heterocycles. The molecule has 13 nitrogen and oxygen atoms in total. The molecule has 0 fully saturated rings. The largest absolute Gasteiger partial charge is 0.389 e. The van der Waals surface area contributed by atoms with E-state index in [0.717, 1.165) is 0 Å². The maximum Gasteiger partial charge on any atom is 0.389 e. The van der Waals surface area contributed by atoms with Gasteiger partial charge in [-0.3, -0.25) is 23.5 Å². The van der Waals surface area contributed by atoms with Crippen LogP contribution in [0.25, 0.3) is 11.2 Å². The lowest BCUT2D eigenvalue weighted by Gasteiger charge is -2.10. The molecule has 0 aromatic carbocycles. The standard InChI is InChI=1S/C23H26F3IN7O3P.C2H6O.CH3NO/c1-32(2)19(36)9-5-3-4-8-18(35)30-16-7-6-12-33(22(16)37)13-17-31-20-15(10-11-23(24,25)26)28-14-29-21(20)34(17)38-27;1-3-2;2-1-3/h5-7,9,12,14,38H,3-4,8,10-11,13H2,1-2H3,(H,30,35);1-2H3;1H,(H2,2,3)/b9-5+;;. The van der Waals surface area contributed by atoms with Crippen LogP contribution in [0.3, 0.4) is 0 Å². The number of unbranched alkanes of at least 4 members (excludes halogenated alkanes) is 1.